The molecule has 1 saturated heterocycles. The van der Waals surface area contributed by atoms with Crippen molar-refractivity contribution in [2.75, 3.05) is 51.9 Å². The number of halogens is 2. The molecule has 0 bridgehead atoms. The number of nitrogens with zero attached hydrogens (tertiary/aromatic N) is 6. The van der Waals surface area contributed by atoms with E-state index in [1.54, 1.807) is 18.9 Å². The third-order valence-electron chi connectivity index (χ3n) is 5.62. The van der Waals surface area contributed by atoms with Gasteiger partial charge in [-0.25, -0.2) is 9.07 Å². The number of rotatable bonds is 8. The molecule has 1 fully saturated rings. The third-order valence-corrected chi connectivity index (χ3v) is 5.62. The average molecular weight is 463 g/mol. The van der Waals surface area contributed by atoms with E-state index in [1.165, 1.54) is 12.1 Å². The summed E-state index contributed by atoms with van der Waals surface area (Å²) in [6.45, 7) is 4.33. The maximum Gasteiger partial charge on any atom is 0.173 e. The summed E-state index contributed by atoms with van der Waals surface area (Å²) in [5.74, 6) is 1.34. The molecule has 1 aliphatic heterocycles. The van der Waals surface area contributed by atoms with Gasteiger partial charge >= 0.3 is 0 Å². The highest BCUT2D eigenvalue weighted by atomic mass is 35.5. The van der Waals surface area contributed by atoms with E-state index in [-0.39, 0.29) is 24.3 Å². The Morgan fingerprint density at radius 1 is 1.00 bits per heavy atom. The maximum absolute atomic E-state index is 13.3. The van der Waals surface area contributed by atoms with Crippen molar-refractivity contribution in [2.24, 2.45) is 0 Å². The monoisotopic (exact) mass is 462 g/mol. The molecule has 4 rings (SSSR count). The lowest BCUT2D eigenvalue weighted by atomic mass is 10.0. The van der Waals surface area contributed by atoms with Crippen molar-refractivity contribution in [1.29, 1.82) is 0 Å². The summed E-state index contributed by atoms with van der Waals surface area (Å²) in [5.41, 5.74) is 2.05. The summed E-state index contributed by atoms with van der Waals surface area (Å²) in [5, 5.41) is 12.5. The van der Waals surface area contributed by atoms with Crippen molar-refractivity contribution in [3.05, 3.63) is 65.7 Å². The molecule has 0 aliphatic carbocycles. The number of anilines is 1. The van der Waals surface area contributed by atoms with Crippen molar-refractivity contribution in [2.45, 2.75) is 12.6 Å². The maximum atomic E-state index is 13.3. The first-order chi connectivity index (χ1) is 15.2. The Bertz CT molecular complexity index is 979. The predicted molar refractivity (Wildman–Crippen MR) is 122 cm³/mol. The SMILES string of the molecule is COCCn1nnnc1C(c1ccccc1OC)N1CCN(c2ccc(F)cc2)CC1.Cl. The van der Waals surface area contributed by atoms with E-state index >= 15 is 0 Å². The van der Waals surface area contributed by atoms with Gasteiger partial charge in [-0.1, -0.05) is 18.2 Å². The van der Waals surface area contributed by atoms with Crippen LogP contribution in [-0.4, -0.2) is 72.1 Å². The van der Waals surface area contributed by atoms with Gasteiger partial charge in [-0.3, -0.25) is 4.90 Å². The molecule has 2 heterocycles. The van der Waals surface area contributed by atoms with Gasteiger partial charge in [-0.15, -0.1) is 17.5 Å². The normalized spacial score (nSPS) is 15.3. The topological polar surface area (TPSA) is 68.5 Å². The largest absolute Gasteiger partial charge is 0.496 e. The van der Waals surface area contributed by atoms with Crippen LogP contribution >= 0.6 is 12.4 Å². The Balaban J connectivity index is 0.00000289. The van der Waals surface area contributed by atoms with Gasteiger partial charge in [0, 0.05) is 44.5 Å². The molecule has 8 nitrogen and oxygen atoms in total. The number of benzene rings is 2. The van der Waals surface area contributed by atoms with E-state index in [0.717, 1.165) is 49.0 Å². The Kier molecular flexibility index (Phi) is 8.38. The van der Waals surface area contributed by atoms with Crippen LogP contribution in [0, 0.1) is 5.82 Å². The second-order valence-electron chi connectivity index (χ2n) is 7.40. The van der Waals surface area contributed by atoms with Crippen molar-refractivity contribution in [1.82, 2.24) is 25.1 Å². The molecule has 1 unspecified atom stereocenters. The highest BCUT2D eigenvalue weighted by Crippen LogP contribution is 2.34. The minimum absolute atomic E-state index is 0. The number of hydrogen-bond donors (Lipinski definition) is 0. The van der Waals surface area contributed by atoms with Crippen LogP contribution in [0.25, 0.3) is 0 Å². The van der Waals surface area contributed by atoms with E-state index < -0.39 is 0 Å². The molecule has 0 radical (unpaired) electrons. The van der Waals surface area contributed by atoms with Gasteiger partial charge in [0.15, 0.2) is 5.82 Å². The molecular weight excluding hydrogens is 435 g/mol. The summed E-state index contributed by atoms with van der Waals surface area (Å²) >= 11 is 0. The number of para-hydroxylation sites is 1. The average Bonchev–Trinajstić information content (AvgIpc) is 3.27. The first-order valence-corrected chi connectivity index (χ1v) is 10.3. The summed E-state index contributed by atoms with van der Waals surface area (Å²) in [4.78, 5) is 4.63. The molecule has 0 saturated carbocycles. The van der Waals surface area contributed by atoms with Crippen LogP contribution < -0.4 is 9.64 Å². The molecule has 3 aromatic rings. The first kappa shape index (κ1) is 23.9. The third kappa shape index (κ3) is 5.17. The zero-order valence-electron chi connectivity index (χ0n) is 18.2. The highest BCUT2D eigenvalue weighted by molar-refractivity contribution is 5.85. The Hall–Kier alpha value is -2.75. The number of methoxy groups -OCH3 is 2. The zero-order valence-corrected chi connectivity index (χ0v) is 19.0. The van der Waals surface area contributed by atoms with Crippen LogP contribution in [0.4, 0.5) is 10.1 Å². The fourth-order valence-electron chi connectivity index (χ4n) is 4.03. The van der Waals surface area contributed by atoms with Gasteiger partial charge < -0.3 is 14.4 Å². The smallest absolute Gasteiger partial charge is 0.173 e. The van der Waals surface area contributed by atoms with Crippen LogP contribution in [0.5, 0.6) is 5.75 Å². The van der Waals surface area contributed by atoms with E-state index in [9.17, 15) is 4.39 Å². The fraction of sp³-hybridized carbons (Fsp3) is 0.409. The van der Waals surface area contributed by atoms with Gasteiger partial charge in [0.05, 0.1) is 20.3 Å². The van der Waals surface area contributed by atoms with E-state index in [1.807, 2.05) is 30.3 Å². The number of piperazine rings is 1. The van der Waals surface area contributed by atoms with Gasteiger partial charge in [-0.2, -0.15) is 0 Å². The van der Waals surface area contributed by atoms with Crippen LogP contribution in [-0.2, 0) is 11.3 Å². The fourth-order valence-corrected chi connectivity index (χ4v) is 4.03. The molecule has 32 heavy (non-hydrogen) atoms. The zero-order chi connectivity index (χ0) is 21.6. The van der Waals surface area contributed by atoms with Crippen LogP contribution in [0.1, 0.15) is 17.4 Å². The van der Waals surface area contributed by atoms with E-state index in [2.05, 4.69) is 31.4 Å². The Morgan fingerprint density at radius 3 is 2.41 bits per heavy atom. The summed E-state index contributed by atoms with van der Waals surface area (Å²) in [7, 11) is 3.34. The standard InChI is InChI=1S/C22H27FN6O2.ClH/c1-30-16-15-29-22(24-25-26-29)21(19-5-3-4-6-20(19)31-2)28-13-11-27(12-14-28)18-9-7-17(23)8-10-18;/h3-10,21H,11-16H2,1-2H3;1H. The number of hydrogen-bond acceptors (Lipinski definition) is 7. The second kappa shape index (κ2) is 11.2. The summed E-state index contributed by atoms with van der Waals surface area (Å²) < 4.78 is 26.0. The molecule has 10 heteroatoms. The van der Waals surface area contributed by atoms with Crippen molar-refractivity contribution in [3.63, 3.8) is 0 Å². The lowest BCUT2D eigenvalue weighted by molar-refractivity contribution is 0.171. The number of aromatic nitrogens is 4. The predicted octanol–water partition coefficient (Wildman–Crippen LogP) is 2.80. The minimum Gasteiger partial charge on any atom is -0.496 e. The lowest BCUT2D eigenvalue weighted by Crippen LogP contribution is -2.48. The van der Waals surface area contributed by atoms with Crippen LogP contribution in [0.2, 0.25) is 0 Å². The van der Waals surface area contributed by atoms with Crippen molar-refractivity contribution in [3.8, 4) is 5.75 Å². The highest BCUT2D eigenvalue weighted by Gasteiger charge is 2.32. The molecule has 172 valence electrons. The molecule has 1 aliphatic rings. The molecule has 2 aromatic carbocycles. The quantitative estimate of drug-likeness (QED) is 0.510. The number of tetrazole rings is 1. The van der Waals surface area contributed by atoms with E-state index in [4.69, 9.17) is 9.47 Å². The van der Waals surface area contributed by atoms with Gasteiger partial charge in [-0.05, 0) is 40.8 Å². The van der Waals surface area contributed by atoms with E-state index in [0.29, 0.717) is 13.2 Å². The molecule has 1 aromatic heterocycles. The van der Waals surface area contributed by atoms with Crippen molar-refractivity contribution >= 4 is 18.1 Å². The van der Waals surface area contributed by atoms with Crippen LogP contribution in [0.15, 0.2) is 48.5 Å². The molecule has 0 N–H and O–H groups in total. The number of ether oxygens (including phenoxy) is 2. The molecular formula is C22H28ClFN6O2. The Morgan fingerprint density at radius 2 is 1.72 bits per heavy atom. The van der Waals surface area contributed by atoms with Crippen molar-refractivity contribution < 1.29 is 13.9 Å². The van der Waals surface area contributed by atoms with Gasteiger partial charge in [0.2, 0.25) is 0 Å². The van der Waals surface area contributed by atoms with Gasteiger partial charge in [0.1, 0.15) is 17.6 Å². The Labute approximate surface area is 193 Å². The second-order valence-corrected chi connectivity index (χ2v) is 7.40. The first-order valence-electron chi connectivity index (χ1n) is 10.3. The molecule has 0 amide bonds. The molecule has 0 spiro atoms. The summed E-state index contributed by atoms with van der Waals surface area (Å²) in [6, 6.07) is 14.5. The van der Waals surface area contributed by atoms with Crippen LogP contribution in [0.3, 0.4) is 0 Å². The summed E-state index contributed by atoms with van der Waals surface area (Å²) in [6.07, 6.45) is 0. The molecule has 1 atom stereocenters. The minimum atomic E-state index is -0.221. The van der Waals surface area contributed by atoms with Gasteiger partial charge in [0.25, 0.3) is 0 Å². The lowest BCUT2D eigenvalue weighted by Gasteiger charge is -2.40.